The van der Waals surface area contributed by atoms with Crippen LogP contribution in [0.5, 0.6) is 0 Å². The molecule has 0 unspecified atom stereocenters. The van der Waals surface area contributed by atoms with Crippen LogP contribution in [-0.4, -0.2) is 51.8 Å². The van der Waals surface area contributed by atoms with Crippen LogP contribution >= 0.6 is 11.3 Å². The Morgan fingerprint density at radius 3 is 2.71 bits per heavy atom. The van der Waals surface area contributed by atoms with Crippen LogP contribution in [0.1, 0.15) is 30.6 Å². The van der Waals surface area contributed by atoms with Gasteiger partial charge in [-0.1, -0.05) is 11.3 Å². The molecule has 0 radical (unpaired) electrons. The SMILES string of the molecule is CCNc1nnc(C(=O)N(C)C(C)(C)CO)s1. The molecule has 0 aliphatic carbocycles. The second-order valence-corrected chi connectivity index (χ2v) is 5.25. The summed E-state index contributed by atoms with van der Waals surface area (Å²) in [5.74, 6) is -0.231. The summed E-state index contributed by atoms with van der Waals surface area (Å²) in [5.41, 5.74) is -0.610. The van der Waals surface area contributed by atoms with Crippen LogP contribution in [0, 0.1) is 0 Å². The van der Waals surface area contributed by atoms with Crippen molar-refractivity contribution < 1.29 is 9.90 Å². The maximum absolute atomic E-state index is 12.1. The molecule has 0 aliphatic rings. The molecule has 17 heavy (non-hydrogen) atoms. The number of nitrogens with zero attached hydrogens (tertiary/aromatic N) is 3. The number of anilines is 1. The highest BCUT2D eigenvalue weighted by molar-refractivity contribution is 7.17. The Labute approximate surface area is 105 Å². The van der Waals surface area contributed by atoms with Gasteiger partial charge in [0.2, 0.25) is 10.1 Å². The molecule has 0 saturated carbocycles. The fraction of sp³-hybridized carbons (Fsp3) is 0.700. The molecule has 2 N–H and O–H groups in total. The van der Waals surface area contributed by atoms with E-state index in [1.165, 1.54) is 16.2 Å². The number of carbonyl (C=O) groups excluding carboxylic acids is 1. The van der Waals surface area contributed by atoms with Crippen molar-refractivity contribution in [3.05, 3.63) is 5.01 Å². The van der Waals surface area contributed by atoms with Crippen LogP contribution in [0.15, 0.2) is 0 Å². The highest BCUT2D eigenvalue weighted by Crippen LogP contribution is 2.20. The molecule has 1 aromatic heterocycles. The minimum atomic E-state index is -0.610. The van der Waals surface area contributed by atoms with Crippen molar-refractivity contribution in [1.29, 1.82) is 0 Å². The van der Waals surface area contributed by atoms with E-state index in [2.05, 4.69) is 15.5 Å². The van der Waals surface area contributed by atoms with Crippen molar-refractivity contribution in [1.82, 2.24) is 15.1 Å². The summed E-state index contributed by atoms with van der Waals surface area (Å²) < 4.78 is 0. The van der Waals surface area contributed by atoms with E-state index in [0.29, 0.717) is 10.1 Å². The summed E-state index contributed by atoms with van der Waals surface area (Å²) in [7, 11) is 1.65. The van der Waals surface area contributed by atoms with E-state index in [0.717, 1.165) is 6.54 Å². The second kappa shape index (κ2) is 5.42. The third kappa shape index (κ3) is 3.13. The van der Waals surface area contributed by atoms with Crippen LogP contribution in [0.3, 0.4) is 0 Å². The molecule has 0 fully saturated rings. The van der Waals surface area contributed by atoms with Gasteiger partial charge in [-0.2, -0.15) is 0 Å². The van der Waals surface area contributed by atoms with Gasteiger partial charge in [-0.25, -0.2) is 0 Å². The summed E-state index contributed by atoms with van der Waals surface area (Å²) in [6.07, 6.45) is 0. The molecule has 0 aromatic carbocycles. The lowest BCUT2D eigenvalue weighted by molar-refractivity contribution is 0.0472. The second-order valence-electron chi connectivity index (χ2n) is 4.28. The van der Waals surface area contributed by atoms with E-state index in [4.69, 9.17) is 0 Å². The van der Waals surface area contributed by atoms with Gasteiger partial charge < -0.3 is 15.3 Å². The lowest BCUT2D eigenvalue weighted by atomic mass is 10.1. The quantitative estimate of drug-likeness (QED) is 0.817. The standard InChI is InChI=1S/C10H18N4O2S/c1-5-11-9-13-12-7(17-9)8(16)14(4)10(2,3)6-15/h15H,5-6H2,1-4H3,(H,11,13). The zero-order chi connectivity index (χ0) is 13.1. The number of amides is 1. The Morgan fingerprint density at radius 1 is 1.53 bits per heavy atom. The van der Waals surface area contributed by atoms with Gasteiger partial charge in [0.1, 0.15) is 0 Å². The largest absolute Gasteiger partial charge is 0.394 e. The first-order chi connectivity index (χ1) is 7.92. The Balaban J connectivity index is 2.81. The van der Waals surface area contributed by atoms with Crippen molar-refractivity contribution in [3.8, 4) is 0 Å². The zero-order valence-corrected chi connectivity index (χ0v) is 11.3. The first kappa shape index (κ1) is 13.9. The van der Waals surface area contributed by atoms with Gasteiger partial charge >= 0.3 is 0 Å². The van der Waals surface area contributed by atoms with Gasteiger partial charge in [-0.15, -0.1) is 10.2 Å². The first-order valence-corrected chi connectivity index (χ1v) is 6.20. The summed E-state index contributed by atoms with van der Waals surface area (Å²) in [6, 6.07) is 0. The number of hydrogen-bond acceptors (Lipinski definition) is 6. The number of likely N-dealkylation sites (N-methyl/N-ethyl adjacent to an activating group) is 1. The highest BCUT2D eigenvalue weighted by Gasteiger charge is 2.29. The van der Waals surface area contributed by atoms with Crippen molar-refractivity contribution in [3.63, 3.8) is 0 Å². The summed E-state index contributed by atoms with van der Waals surface area (Å²) in [5, 5.41) is 20.9. The van der Waals surface area contributed by atoms with Crippen molar-refractivity contribution in [2.75, 3.05) is 25.5 Å². The minimum Gasteiger partial charge on any atom is -0.394 e. The molecule has 1 aromatic rings. The van der Waals surface area contributed by atoms with Crippen LogP contribution < -0.4 is 5.32 Å². The molecule has 7 heteroatoms. The van der Waals surface area contributed by atoms with E-state index in [1.54, 1.807) is 20.9 Å². The van der Waals surface area contributed by atoms with Crippen LogP contribution in [0.4, 0.5) is 5.13 Å². The summed E-state index contributed by atoms with van der Waals surface area (Å²) in [4.78, 5) is 13.5. The summed E-state index contributed by atoms with van der Waals surface area (Å²) in [6.45, 7) is 6.16. The molecule has 0 bridgehead atoms. The molecule has 0 spiro atoms. The normalized spacial score (nSPS) is 11.4. The van der Waals surface area contributed by atoms with E-state index in [9.17, 15) is 9.90 Å². The number of aliphatic hydroxyl groups is 1. The van der Waals surface area contributed by atoms with Crippen molar-refractivity contribution in [2.24, 2.45) is 0 Å². The third-order valence-electron chi connectivity index (χ3n) is 2.54. The lowest BCUT2D eigenvalue weighted by Crippen LogP contribution is -2.47. The molecule has 1 rings (SSSR count). The Hall–Kier alpha value is -1.21. The van der Waals surface area contributed by atoms with E-state index in [-0.39, 0.29) is 12.5 Å². The smallest absolute Gasteiger partial charge is 0.285 e. The maximum atomic E-state index is 12.1. The van der Waals surface area contributed by atoms with E-state index < -0.39 is 5.54 Å². The number of aromatic nitrogens is 2. The van der Waals surface area contributed by atoms with Crippen molar-refractivity contribution in [2.45, 2.75) is 26.3 Å². The molecule has 0 saturated heterocycles. The molecule has 6 nitrogen and oxygen atoms in total. The number of aliphatic hydroxyl groups excluding tert-OH is 1. The Kier molecular flexibility index (Phi) is 4.41. The molecule has 0 atom stereocenters. The topological polar surface area (TPSA) is 78.4 Å². The van der Waals surface area contributed by atoms with Crippen molar-refractivity contribution >= 4 is 22.4 Å². The highest BCUT2D eigenvalue weighted by atomic mass is 32.1. The first-order valence-electron chi connectivity index (χ1n) is 5.38. The third-order valence-corrected chi connectivity index (χ3v) is 3.40. The predicted octanol–water partition coefficient (Wildman–Crippen LogP) is 0.813. The summed E-state index contributed by atoms with van der Waals surface area (Å²) >= 11 is 1.21. The Morgan fingerprint density at radius 2 is 2.18 bits per heavy atom. The molecule has 0 aliphatic heterocycles. The van der Waals surface area contributed by atoms with Gasteiger partial charge in [0, 0.05) is 13.6 Å². The van der Waals surface area contributed by atoms with Gasteiger partial charge in [0.05, 0.1) is 12.1 Å². The Bertz CT molecular complexity index is 391. The van der Waals surface area contributed by atoms with Gasteiger partial charge in [-0.05, 0) is 20.8 Å². The monoisotopic (exact) mass is 258 g/mol. The van der Waals surface area contributed by atoms with Gasteiger partial charge in [0.15, 0.2) is 0 Å². The molecular formula is C10H18N4O2S. The molecule has 96 valence electrons. The maximum Gasteiger partial charge on any atom is 0.285 e. The number of rotatable bonds is 5. The number of hydrogen-bond donors (Lipinski definition) is 2. The average molecular weight is 258 g/mol. The predicted molar refractivity (Wildman–Crippen MR) is 67.3 cm³/mol. The van der Waals surface area contributed by atoms with Crippen LogP contribution in [0.2, 0.25) is 0 Å². The molecular weight excluding hydrogens is 240 g/mol. The number of nitrogens with one attached hydrogen (secondary N) is 1. The molecule has 1 heterocycles. The van der Waals surface area contributed by atoms with Gasteiger partial charge in [0.25, 0.3) is 5.91 Å². The van der Waals surface area contributed by atoms with Gasteiger partial charge in [-0.3, -0.25) is 4.79 Å². The number of carbonyl (C=O) groups is 1. The van der Waals surface area contributed by atoms with Crippen LogP contribution in [0.25, 0.3) is 0 Å². The van der Waals surface area contributed by atoms with E-state index >= 15 is 0 Å². The fourth-order valence-electron chi connectivity index (χ4n) is 1.06. The minimum absolute atomic E-state index is 0.103. The lowest BCUT2D eigenvalue weighted by Gasteiger charge is -2.33. The zero-order valence-electron chi connectivity index (χ0n) is 10.5. The fourth-order valence-corrected chi connectivity index (χ4v) is 1.84. The van der Waals surface area contributed by atoms with E-state index in [1.807, 2.05) is 6.92 Å². The molecule has 1 amide bonds. The van der Waals surface area contributed by atoms with Crippen LogP contribution in [-0.2, 0) is 0 Å². The average Bonchev–Trinajstić information content (AvgIpc) is 2.76.